The summed E-state index contributed by atoms with van der Waals surface area (Å²) in [4.78, 5) is 37.5. The maximum absolute atomic E-state index is 13.3. The topological polar surface area (TPSA) is 95.9 Å². The van der Waals surface area contributed by atoms with Gasteiger partial charge in [0.15, 0.2) is 0 Å². The molecule has 0 unspecified atom stereocenters. The zero-order chi connectivity index (χ0) is 23.6. The normalized spacial score (nSPS) is 17.6. The van der Waals surface area contributed by atoms with Crippen LogP contribution in [0.1, 0.15) is 36.3 Å². The Morgan fingerprint density at radius 3 is 2.12 bits per heavy atom. The first-order valence-electron chi connectivity index (χ1n) is 10.7. The highest BCUT2D eigenvalue weighted by Crippen LogP contribution is 2.44. The van der Waals surface area contributed by atoms with E-state index in [2.05, 4.69) is 5.32 Å². The van der Waals surface area contributed by atoms with Crippen molar-refractivity contribution in [2.45, 2.75) is 37.1 Å². The molecule has 0 bridgehead atoms. The van der Waals surface area contributed by atoms with Gasteiger partial charge in [-0.3, -0.25) is 4.79 Å². The zero-order valence-corrected chi connectivity index (χ0v) is 17.8. The lowest BCUT2D eigenvalue weighted by Gasteiger charge is -2.32. The fourth-order valence-corrected chi connectivity index (χ4v) is 4.37. The third-order valence-electron chi connectivity index (χ3n) is 6.16. The van der Waals surface area contributed by atoms with Crippen molar-refractivity contribution >= 4 is 18.0 Å². The van der Waals surface area contributed by atoms with E-state index in [1.54, 1.807) is 0 Å². The molecule has 2 amide bonds. The van der Waals surface area contributed by atoms with E-state index in [4.69, 9.17) is 4.74 Å². The van der Waals surface area contributed by atoms with Gasteiger partial charge >= 0.3 is 12.1 Å². The molecule has 1 atom stereocenters. The second-order valence-corrected chi connectivity index (χ2v) is 8.30. The molecule has 2 aromatic carbocycles. The van der Waals surface area contributed by atoms with Gasteiger partial charge in [-0.2, -0.15) is 0 Å². The van der Waals surface area contributed by atoms with E-state index < -0.39 is 49.2 Å². The molecule has 1 heterocycles. The molecule has 0 radical (unpaired) electrons. The molecule has 4 rings (SSSR count). The maximum Gasteiger partial charge on any atom is 0.407 e. The summed E-state index contributed by atoms with van der Waals surface area (Å²) in [6.45, 7) is -0.298. The van der Waals surface area contributed by atoms with Crippen molar-refractivity contribution in [2.24, 2.45) is 0 Å². The number of hydrogen-bond donors (Lipinski definition) is 2. The minimum atomic E-state index is -2.82. The third-order valence-corrected chi connectivity index (χ3v) is 6.16. The Bertz CT molecular complexity index is 1020. The number of amides is 2. The van der Waals surface area contributed by atoms with E-state index in [1.165, 1.54) is 4.90 Å². The summed E-state index contributed by atoms with van der Waals surface area (Å²) < 4.78 is 31.9. The van der Waals surface area contributed by atoms with Crippen LogP contribution in [-0.2, 0) is 14.3 Å². The Labute approximate surface area is 189 Å². The highest BCUT2D eigenvalue weighted by Gasteiger charge is 2.37. The number of carboxylic acid groups (broad SMARTS) is 1. The minimum absolute atomic E-state index is 0.00134. The van der Waals surface area contributed by atoms with E-state index in [-0.39, 0.29) is 25.6 Å². The molecular formula is C24H24F2N2O5. The van der Waals surface area contributed by atoms with Crippen LogP contribution in [0.3, 0.4) is 0 Å². The highest BCUT2D eigenvalue weighted by atomic mass is 19.3. The second kappa shape index (κ2) is 9.17. The van der Waals surface area contributed by atoms with E-state index in [0.717, 1.165) is 22.3 Å². The number of ether oxygens (including phenoxy) is 1. The van der Waals surface area contributed by atoms with E-state index >= 15 is 0 Å². The maximum atomic E-state index is 13.3. The molecule has 1 aliphatic heterocycles. The average Bonchev–Trinajstić information content (AvgIpc) is 3.11. The predicted octanol–water partition coefficient (Wildman–Crippen LogP) is 3.63. The molecule has 7 nitrogen and oxygen atoms in total. The molecular weight excluding hydrogens is 434 g/mol. The van der Waals surface area contributed by atoms with Crippen LogP contribution in [0, 0.1) is 0 Å². The lowest BCUT2D eigenvalue weighted by molar-refractivity contribution is -0.145. The van der Waals surface area contributed by atoms with Crippen LogP contribution >= 0.6 is 0 Å². The van der Waals surface area contributed by atoms with E-state index in [1.807, 2.05) is 48.5 Å². The first kappa shape index (κ1) is 22.7. The summed E-state index contributed by atoms with van der Waals surface area (Å²) in [5, 5.41) is 11.6. The van der Waals surface area contributed by atoms with Crippen molar-refractivity contribution in [2.75, 3.05) is 19.7 Å². The Kier molecular flexibility index (Phi) is 6.31. The summed E-state index contributed by atoms with van der Waals surface area (Å²) in [7, 11) is 0. The van der Waals surface area contributed by atoms with Crippen molar-refractivity contribution in [1.82, 2.24) is 10.2 Å². The number of rotatable bonds is 6. The van der Waals surface area contributed by atoms with Crippen molar-refractivity contribution in [3.8, 4) is 11.1 Å². The van der Waals surface area contributed by atoms with Gasteiger partial charge in [-0.05, 0) is 22.3 Å². The summed E-state index contributed by atoms with van der Waals surface area (Å²) >= 11 is 0. The zero-order valence-electron chi connectivity index (χ0n) is 17.8. The first-order valence-corrected chi connectivity index (χ1v) is 10.7. The molecule has 1 fully saturated rings. The average molecular weight is 458 g/mol. The number of benzene rings is 2. The number of nitrogens with one attached hydrogen (secondary N) is 1. The lowest BCUT2D eigenvalue weighted by atomic mass is 9.98. The van der Waals surface area contributed by atoms with Crippen LogP contribution in [0.25, 0.3) is 11.1 Å². The number of hydrogen-bond acceptors (Lipinski definition) is 4. The number of piperidine rings is 1. The quantitative estimate of drug-likeness (QED) is 0.689. The largest absolute Gasteiger partial charge is 0.480 e. The smallest absolute Gasteiger partial charge is 0.407 e. The van der Waals surface area contributed by atoms with Crippen LogP contribution in [-0.4, -0.2) is 59.6 Å². The molecule has 33 heavy (non-hydrogen) atoms. The standard InChI is InChI=1S/C24H24F2N2O5/c25-24(26)9-11-28(12-10-24)21(29)13-20(22(30)31)27-23(32)33-14-19-17-7-3-1-5-15(17)16-6-2-4-8-18(16)19/h1-8,19-20H,9-14H2,(H,27,32)(H,30,31)/t20-/m0/s1. The fourth-order valence-electron chi connectivity index (χ4n) is 4.37. The van der Waals surface area contributed by atoms with Gasteiger partial charge in [0.05, 0.1) is 6.42 Å². The van der Waals surface area contributed by atoms with Gasteiger partial charge < -0.3 is 20.1 Å². The van der Waals surface area contributed by atoms with Gasteiger partial charge in [0.25, 0.3) is 5.92 Å². The van der Waals surface area contributed by atoms with Gasteiger partial charge in [0.1, 0.15) is 12.6 Å². The summed E-state index contributed by atoms with van der Waals surface area (Å²) in [5.74, 6) is -5.01. The number of alkyl halides is 2. The van der Waals surface area contributed by atoms with Crippen molar-refractivity contribution < 1.29 is 33.0 Å². The number of alkyl carbamates (subject to hydrolysis) is 1. The molecule has 0 spiro atoms. The fraction of sp³-hybridized carbons (Fsp3) is 0.375. The summed E-state index contributed by atoms with van der Waals surface area (Å²) in [5.41, 5.74) is 4.14. The van der Waals surface area contributed by atoms with Gasteiger partial charge in [0.2, 0.25) is 5.91 Å². The number of likely N-dealkylation sites (tertiary alicyclic amines) is 1. The predicted molar refractivity (Wildman–Crippen MR) is 115 cm³/mol. The number of aliphatic carboxylic acids is 1. The third kappa shape index (κ3) is 4.97. The lowest BCUT2D eigenvalue weighted by Crippen LogP contribution is -2.48. The molecule has 174 valence electrons. The molecule has 9 heteroatoms. The Morgan fingerprint density at radius 1 is 1.03 bits per heavy atom. The van der Waals surface area contributed by atoms with E-state index in [9.17, 15) is 28.3 Å². The van der Waals surface area contributed by atoms with Crippen LogP contribution in [0.4, 0.5) is 13.6 Å². The molecule has 1 aliphatic carbocycles. The van der Waals surface area contributed by atoms with Crippen molar-refractivity contribution in [3.63, 3.8) is 0 Å². The van der Waals surface area contributed by atoms with Crippen LogP contribution in [0.2, 0.25) is 0 Å². The Morgan fingerprint density at radius 2 is 1.58 bits per heavy atom. The van der Waals surface area contributed by atoms with Gasteiger partial charge in [-0.25, -0.2) is 18.4 Å². The van der Waals surface area contributed by atoms with Gasteiger partial charge in [-0.15, -0.1) is 0 Å². The van der Waals surface area contributed by atoms with E-state index in [0.29, 0.717) is 0 Å². The molecule has 2 aromatic rings. The van der Waals surface area contributed by atoms with Crippen molar-refractivity contribution in [1.29, 1.82) is 0 Å². The number of fused-ring (bicyclic) bond motifs is 3. The van der Waals surface area contributed by atoms with Crippen LogP contribution in [0.15, 0.2) is 48.5 Å². The van der Waals surface area contributed by atoms with Crippen LogP contribution in [0.5, 0.6) is 0 Å². The van der Waals surface area contributed by atoms with Gasteiger partial charge in [0, 0.05) is 31.8 Å². The number of carboxylic acids is 1. The number of carbonyl (C=O) groups is 3. The number of halogens is 2. The Hall–Kier alpha value is -3.49. The van der Waals surface area contributed by atoms with Crippen molar-refractivity contribution in [3.05, 3.63) is 59.7 Å². The van der Waals surface area contributed by atoms with Gasteiger partial charge in [-0.1, -0.05) is 48.5 Å². The summed E-state index contributed by atoms with van der Waals surface area (Å²) in [6.07, 6.45) is -2.42. The monoisotopic (exact) mass is 458 g/mol. The Balaban J connectivity index is 1.35. The SMILES string of the molecule is O=C(N[C@@H](CC(=O)N1CCC(F)(F)CC1)C(=O)O)OCC1c2ccccc2-c2ccccc21. The number of nitrogens with zero attached hydrogens (tertiary/aromatic N) is 1. The highest BCUT2D eigenvalue weighted by molar-refractivity contribution is 5.87. The molecule has 1 saturated heterocycles. The first-order chi connectivity index (χ1) is 15.7. The minimum Gasteiger partial charge on any atom is -0.480 e. The van der Waals surface area contributed by atoms with Crippen LogP contribution < -0.4 is 5.32 Å². The number of carbonyl (C=O) groups excluding carboxylic acids is 2. The molecule has 2 aliphatic rings. The molecule has 2 N–H and O–H groups in total. The molecule has 0 saturated carbocycles. The molecule has 0 aromatic heterocycles. The summed E-state index contributed by atoms with van der Waals surface area (Å²) in [6, 6.07) is 14.1. The second-order valence-electron chi connectivity index (χ2n) is 8.30.